The van der Waals surface area contributed by atoms with Gasteiger partial charge in [0.2, 0.25) is 0 Å². The molecule has 0 bridgehead atoms. The number of nitrogens with zero attached hydrogens (tertiary/aromatic N) is 1. The number of hydrogen-bond donors (Lipinski definition) is 0. The maximum Gasteiger partial charge on any atom is 0.149 e. The van der Waals surface area contributed by atoms with Gasteiger partial charge in [-0.1, -0.05) is 26.0 Å². The molecule has 0 aliphatic carbocycles. The van der Waals surface area contributed by atoms with Gasteiger partial charge in [-0.3, -0.25) is 4.90 Å². The minimum absolute atomic E-state index is 0.121. The van der Waals surface area contributed by atoms with Gasteiger partial charge in [0.25, 0.3) is 0 Å². The highest BCUT2D eigenvalue weighted by Gasteiger charge is 2.10. The van der Waals surface area contributed by atoms with Crippen molar-refractivity contribution in [3.8, 4) is 5.75 Å². The first-order chi connectivity index (χ1) is 7.17. The normalized spacial score (nSPS) is 12.9. The zero-order chi connectivity index (χ0) is 11.3. The molecule has 1 atom stereocenters. The van der Waals surface area contributed by atoms with Crippen molar-refractivity contribution in [1.82, 2.24) is 4.90 Å². The zero-order valence-electron chi connectivity index (χ0n) is 9.86. The third kappa shape index (κ3) is 3.56. The summed E-state index contributed by atoms with van der Waals surface area (Å²) in [6.45, 7) is 12.2. The molecule has 0 fully saturated rings. The maximum absolute atomic E-state index is 5.81. The van der Waals surface area contributed by atoms with Gasteiger partial charge in [0.1, 0.15) is 12.0 Å². The zero-order valence-corrected chi connectivity index (χ0v) is 9.86. The Morgan fingerprint density at radius 1 is 1.20 bits per heavy atom. The van der Waals surface area contributed by atoms with E-state index in [9.17, 15) is 0 Å². The van der Waals surface area contributed by atoms with Gasteiger partial charge in [-0.05, 0) is 44.6 Å². The Bertz CT molecular complexity index is 277. The molecule has 1 radical (unpaired) electrons. The first-order valence-electron chi connectivity index (χ1n) is 5.50. The monoisotopic (exact) mass is 206 g/mol. The predicted octanol–water partition coefficient (Wildman–Crippen LogP) is 2.94. The Morgan fingerprint density at radius 2 is 1.73 bits per heavy atom. The van der Waals surface area contributed by atoms with Crippen molar-refractivity contribution in [3.05, 3.63) is 36.8 Å². The Balaban J connectivity index is 2.57. The summed E-state index contributed by atoms with van der Waals surface area (Å²) in [6, 6.07) is 7.85. The molecule has 15 heavy (non-hydrogen) atoms. The van der Waals surface area contributed by atoms with Crippen LogP contribution in [0.2, 0.25) is 0 Å². The summed E-state index contributed by atoms with van der Waals surface area (Å²) in [6.07, 6.45) is 0.121. The SMILES string of the molecule is [CH2]c1ccc(OC(C)N(CC)CC)cc1. The third-order valence-electron chi connectivity index (χ3n) is 2.56. The van der Waals surface area contributed by atoms with Crippen LogP contribution in [-0.2, 0) is 0 Å². The lowest BCUT2D eigenvalue weighted by Gasteiger charge is -2.26. The molecule has 0 aliphatic heterocycles. The van der Waals surface area contributed by atoms with Crippen LogP contribution < -0.4 is 4.74 Å². The van der Waals surface area contributed by atoms with E-state index >= 15 is 0 Å². The van der Waals surface area contributed by atoms with E-state index in [0.29, 0.717) is 0 Å². The van der Waals surface area contributed by atoms with Crippen LogP contribution in [-0.4, -0.2) is 24.2 Å². The number of rotatable bonds is 5. The van der Waals surface area contributed by atoms with E-state index < -0.39 is 0 Å². The van der Waals surface area contributed by atoms with E-state index in [1.165, 1.54) is 0 Å². The Hall–Kier alpha value is -1.02. The average Bonchev–Trinajstić information content (AvgIpc) is 2.23. The highest BCUT2D eigenvalue weighted by atomic mass is 16.5. The molecule has 2 heteroatoms. The molecule has 1 unspecified atom stereocenters. The summed E-state index contributed by atoms with van der Waals surface area (Å²) in [5, 5.41) is 0. The summed E-state index contributed by atoms with van der Waals surface area (Å²) < 4.78 is 5.81. The second kappa shape index (κ2) is 5.76. The largest absolute Gasteiger partial charge is 0.475 e. The van der Waals surface area contributed by atoms with Gasteiger partial charge < -0.3 is 4.74 Å². The number of ether oxygens (including phenoxy) is 1. The summed E-state index contributed by atoms with van der Waals surface area (Å²) in [4.78, 5) is 2.26. The fourth-order valence-corrected chi connectivity index (χ4v) is 1.58. The second-order valence-electron chi connectivity index (χ2n) is 3.58. The highest BCUT2D eigenvalue weighted by molar-refractivity contribution is 5.28. The summed E-state index contributed by atoms with van der Waals surface area (Å²) in [7, 11) is 0. The summed E-state index contributed by atoms with van der Waals surface area (Å²) in [5.41, 5.74) is 1.01. The van der Waals surface area contributed by atoms with Crippen LogP contribution in [0.25, 0.3) is 0 Å². The lowest BCUT2D eigenvalue weighted by molar-refractivity contribution is 0.0481. The maximum atomic E-state index is 5.81. The molecular weight excluding hydrogens is 186 g/mol. The predicted molar refractivity (Wildman–Crippen MR) is 63.9 cm³/mol. The quantitative estimate of drug-likeness (QED) is 0.687. The smallest absolute Gasteiger partial charge is 0.149 e. The molecule has 1 aromatic rings. The van der Waals surface area contributed by atoms with Crippen LogP contribution in [0.1, 0.15) is 26.3 Å². The van der Waals surface area contributed by atoms with Crippen LogP contribution in [0.5, 0.6) is 5.75 Å². The highest BCUT2D eigenvalue weighted by Crippen LogP contribution is 2.14. The van der Waals surface area contributed by atoms with Crippen molar-refractivity contribution in [2.45, 2.75) is 27.0 Å². The van der Waals surface area contributed by atoms with Crippen molar-refractivity contribution in [2.24, 2.45) is 0 Å². The summed E-state index contributed by atoms with van der Waals surface area (Å²) in [5.74, 6) is 0.904. The first-order valence-corrected chi connectivity index (χ1v) is 5.50. The van der Waals surface area contributed by atoms with E-state index in [0.717, 1.165) is 24.4 Å². The van der Waals surface area contributed by atoms with Gasteiger partial charge in [0, 0.05) is 0 Å². The van der Waals surface area contributed by atoms with Gasteiger partial charge >= 0.3 is 0 Å². The minimum atomic E-state index is 0.121. The van der Waals surface area contributed by atoms with Crippen LogP contribution >= 0.6 is 0 Å². The minimum Gasteiger partial charge on any atom is -0.475 e. The van der Waals surface area contributed by atoms with E-state index in [1.54, 1.807) is 0 Å². The van der Waals surface area contributed by atoms with Crippen molar-refractivity contribution >= 4 is 0 Å². The topological polar surface area (TPSA) is 12.5 Å². The number of hydrogen-bond acceptors (Lipinski definition) is 2. The molecule has 1 rings (SSSR count). The summed E-state index contributed by atoms with van der Waals surface area (Å²) >= 11 is 0. The van der Waals surface area contributed by atoms with Gasteiger partial charge in [0.05, 0.1) is 0 Å². The second-order valence-corrected chi connectivity index (χ2v) is 3.58. The van der Waals surface area contributed by atoms with E-state index in [2.05, 4.69) is 32.6 Å². The van der Waals surface area contributed by atoms with Crippen LogP contribution in [0.15, 0.2) is 24.3 Å². The van der Waals surface area contributed by atoms with Gasteiger partial charge in [-0.15, -0.1) is 0 Å². The fraction of sp³-hybridized carbons (Fsp3) is 0.462. The molecule has 0 aliphatic rings. The molecule has 0 N–H and O–H groups in total. The molecule has 0 spiro atoms. The molecule has 0 saturated carbocycles. The Morgan fingerprint density at radius 3 is 2.20 bits per heavy atom. The van der Waals surface area contributed by atoms with Crippen molar-refractivity contribution in [1.29, 1.82) is 0 Å². The van der Waals surface area contributed by atoms with Crippen LogP contribution in [0, 0.1) is 6.92 Å². The van der Waals surface area contributed by atoms with E-state index in [4.69, 9.17) is 4.74 Å². The molecule has 0 amide bonds. The van der Waals surface area contributed by atoms with E-state index in [1.807, 2.05) is 24.3 Å². The van der Waals surface area contributed by atoms with Crippen LogP contribution in [0.4, 0.5) is 0 Å². The van der Waals surface area contributed by atoms with Crippen molar-refractivity contribution < 1.29 is 4.74 Å². The first kappa shape index (κ1) is 12.1. The standard InChI is InChI=1S/C13H20NO/c1-5-14(6-2)12(4)15-13-9-7-11(3)8-10-13/h7-10,12H,3,5-6H2,1-2,4H3. The molecular formula is C13H20NO. The third-order valence-corrected chi connectivity index (χ3v) is 2.56. The Labute approximate surface area is 92.9 Å². The fourth-order valence-electron chi connectivity index (χ4n) is 1.58. The lowest BCUT2D eigenvalue weighted by atomic mass is 10.2. The van der Waals surface area contributed by atoms with Crippen molar-refractivity contribution in [2.75, 3.05) is 13.1 Å². The number of benzene rings is 1. The van der Waals surface area contributed by atoms with Crippen molar-refractivity contribution in [3.63, 3.8) is 0 Å². The van der Waals surface area contributed by atoms with Gasteiger partial charge in [0.15, 0.2) is 0 Å². The molecule has 0 heterocycles. The molecule has 1 aromatic carbocycles. The van der Waals surface area contributed by atoms with E-state index in [-0.39, 0.29) is 6.23 Å². The lowest BCUT2D eigenvalue weighted by Crippen LogP contribution is -2.36. The molecule has 0 aromatic heterocycles. The van der Waals surface area contributed by atoms with Gasteiger partial charge in [-0.2, -0.15) is 0 Å². The molecule has 2 nitrogen and oxygen atoms in total. The Kier molecular flexibility index (Phi) is 4.63. The van der Waals surface area contributed by atoms with Gasteiger partial charge in [-0.25, -0.2) is 0 Å². The average molecular weight is 206 g/mol. The molecule has 83 valence electrons. The molecule has 0 saturated heterocycles. The van der Waals surface area contributed by atoms with Crippen LogP contribution in [0.3, 0.4) is 0 Å².